The zero-order chi connectivity index (χ0) is 19.4. The van der Waals surface area contributed by atoms with Gasteiger partial charge in [-0.3, -0.25) is 4.98 Å². The van der Waals surface area contributed by atoms with Crippen molar-refractivity contribution >= 4 is 39.0 Å². The van der Waals surface area contributed by atoms with Crippen LogP contribution in [0.15, 0.2) is 35.5 Å². The average molecular weight is 407 g/mol. The number of aromatic nitrogens is 1. The number of urea groups is 1. The van der Waals surface area contributed by atoms with E-state index in [1.807, 2.05) is 6.92 Å². The fraction of sp³-hybridized carbons (Fsp3) is 0.412. The molecule has 2 aliphatic carbocycles. The number of allylic oxidation sites excluding steroid dienone is 1. The molecule has 1 fully saturated rings. The number of amides is 3. The molecule has 1 unspecified atom stereocenters. The summed E-state index contributed by atoms with van der Waals surface area (Å²) in [5.74, 6) is -0.502. The minimum atomic E-state index is -3.66. The lowest BCUT2D eigenvalue weighted by atomic mass is 10.00. The van der Waals surface area contributed by atoms with Gasteiger partial charge in [-0.05, 0) is 31.9 Å². The number of sulfonamides is 1. The molecule has 1 aromatic rings. The summed E-state index contributed by atoms with van der Waals surface area (Å²) in [6, 6.07) is -0.449. The Morgan fingerprint density at radius 3 is 2.78 bits per heavy atom. The minimum Gasteiger partial charge on any atom is -0.253 e. The van der Waals surface area contributed by atoms with Crippen molar-refractivity contribution in [2.24, 2.45) is 0 Å². The maximum Gasteiger partial charge on any atom is 0.501 e. The van der Waals surface area contributed by atoms with E-state index < -0.39 is 32.8 Å². The highest BCUT2D eigenvalue weighted by atomic mass is 32.2. The minimum absolute atomic E-state index is 0.223. The molecule has 2 heterocycles. The molecule has 0 bridgehead atoms. The fourth-order valence-corrected chi connectivity index (χ4v) is 5.28. The van der Waals surface area contributed by atoms with E-state index >= 15 is 0 Å². The van der Waals surface area contributed by atoms with Crippen molar-refractivity contribution in [1.29, 1.82) is 0 Å². The maximum atomic E-state index is 12.7. The first-order valence-electron chi connectivity index (χ1n) is 8.47. The topological polar surface area (TPSA) is 99.5 Å². The van der Waals surface area contributed by atoms with Gasteiger partial charge in [0.2, 0.25) is 10.0 Å². The van der Waals surface area contributed by atoms with Crippen LogP contribution in [0.4, 0.5) is 4.79 Å². The third-order valence-corrected chi connectivity index (χ3v) is 7.49. The molecule has 10 heteroatoms. The molecule has 4 rings (SSSR count). The van der Waals surface area contributed by atoms with Gasteiger partial charge < -0.3 is 0 Å². The highest BCUT2D eigenvalue weighted by molar-refractivity contribution is 7.90. The summed E-state index contributed by atoms with van der Waals surface area (Å²) in [5, 5.41) is -0.954. The van der Waals surface area contributed by atoms with E-state index in [1.165, 1.54) is 35.1 Å². The van der Waals surface area contributed by atoms with Gasteiger partial charge in [-0.25, -0.2) is 17.9 Å². The van der Waals surface area contributed by atoms with Gasteiger partial charge in [-0.1, -0.05) is 6.08 Å². The van der Waals surface area contributed by atoms with Crippen molar-refractivity contribution in [1.82, 2.24) is 14.6 Å². The van der Waals surface area contributed by atoms with Gasteiger partial charge in [0.05, 0.1) is 17.4 Å². The molecule has 1 saturated carbocycles. The second-order valence-corrected chi connectivity index (χ2v) is 10.0. The second kappa shape index (κ2) is 6.18. The van der Waals surface area contributed by atoms with Crippen LogP contribution in [0.2, 0.25) is 0 Å². The smallest absolute Gasteiger partial charge is 0.253 e. The first-order valence-corrected chi connectivity index (χ1v) is 10.9. The van der Waals surface area contributed by atoms with Crippen molar-refractivity contribution in [3.05, 3.63) is 40.4 Å². The first kappa shape index (κ1) is 18.2. The predicted molar refractivity (Wildman–Crippen MR) is 100.0 cm³/mol. The Morgan fingerprint density at radius 2 is 2.15 bits per heavy atom. The number of fused-ring (bicyclic) bond motifs is 1. The average Bonchev–Trinajstić information content (AvgIpc) is 3.12. The molecule has 0 saturated heterocycles. The zero-order valence-corrected chi connectivity index (χ0v) is 16.5. The van der Waals surface area contributed by atoms with Crippen molar-refractivity contribution in [2.75, 3.05) is 7.05 Å². The Labute approximate surface area is 161 Å². The highest BCUT2D eigenvalue weighted by Crippen LogP contribution is 2.36. The summed E-state index contributed by atoms with van der Waals surface area (Å²) < 4.78 is 29.5. The van der Waals surface area contributed by atoms with Crippen molar-refractivity contribution in [3.63, 3.8) is 0 Å². The lowest BCUT2D eigenvalue weighted by Gasteiger charge is -2.24. The predicted octanol–water partition coefficient (Wildman–Crippen LogP) is 1.03. The van der Waals surface area contributed by atoms with E-state index in [-0.39, 0.29) is 12.1 Å². The van der Waals surface area contributed by atoms with E-state index in [1.54, 1.807) is 17.8 Å². The van der Waals surface area contributed by atoms with Crippen LogP contribution in [0, 0.1) is 0 Å². The quantitative estimate of drug-likeness (QED) is 0.735. The number of thiazole rings is 1. The number of hydrogen-bond donors (Lipinski definition) is 1. The number of imide groups is 1. The number of carbonyl (C=O) groups is 2. The van der Waals surface area contributed by atoms with Crippen LogP contribution < -0.4 is 4.72 Å². The van der Waals surface area contributed by atoms with E-state index in [2.05, 4.69) is 9.71 Å². The Balaban J connectivity index is 1.73. The molecule has 3 amide bonds. The molecule has 8 nitrogen and oxygen atoms in total. The number of hydrogen-bond acceptors (Lipinski definition) is 6. The molecular weight excluding hydrogens is 388 g/mol. The number of rotatable bonds is 5. The van der Waals surface area contributed by atoms with Gasteiger partial charge in [0.1, 0.15) is 23.1 Å². The molecule has 0 radical (unpaired) electrons. The highest BCUT2D eigenvalue weighted by Gasteiger charge is 2.46. The molecule has 0 aromatic carbocycles. The van der Waals surface area contributed by atoms with Crippen LogP contribution in [-0.4, -0.2) is 58.4 Å². The number of nitrogens with one attached hydrogen (secondary N) is 1. The van der Waals surface area contributed by atoms with E-state index in [0.717, 1.165) is 22.6 Å². The molecule has 0 spiro atoms. The van der Waals surface area contributed by atoms with Crippen LogP contribution in [0.1, 0.15) is 24.6 Å². The molecule has 142 valence electrons. The van der Waals surface area contributed by atoms with Crippen molar-refractivity contribution < 1.29 is 22.6 Å². The Morgan fingerprint density at radius 1 is 1.41 bits per heavy atom. The summed E-state index contributed by atoms with van der Waals surface area (Å²) in [5.41, 5.74) is 1.92. The SMILES string of the molecule is CN1C(=O)C2=CC(S(=O)(=O)NC3(C)CC3)C=CC2=[N+](Cc2cncs2)C1=O. The van der Waals surface area contributed by atoms with Gasteiger partial charge in [0.25, 0.3) is 0 Å². The van der Waals surface area contributed by atoms with Crippen molar-refractivity contribution in [3.8, 4) is 0 Å². The largest absolute Gasteiger partial charge is 0.501 e. The van der Waals surface area contributed by atoms with Gasteiger partial charge >= 0.3 is 11.9 Å². The normalized spacial score (nSPS) is 24.1. The summed E-state index contributed by atoms with van der Waals surface area (Å²) in [6.07, 6.45) is 7.76. The standard InChI is InChI=1S/C17H19N4O4S2/c1-17(5-6-17)19-27(24,25)12-3-4-14-13(7-12)15(22)20(2)16(23)21(14)9-11-8-18-10-26-11/h3-4,7-8,10,12,19H,5-6,9H2,1-2H3/q+1. The summed E-state index contributed by atoms with van der Waals surface area (Å²) >= 11 is 1.41. The van der Waals surface area contributed by atoms with Crippen LogP contribution in [0.3, 0.4) is 0 Å². The number of likely N-dealkylation sites (N-methyl/N-ethyl adjacent to an activating group) is 1. The van der Waals surface area contributed by atoms with E-state index in [4.69, 9.17) is 0 Å². The van der Waals surface area contributed by atoms with Crippen LogP contribution in [0.5, 0.6) is 0 Å². The molecular formula is C17H19N4O4S2+. The second-order valence-electron chi connectivity index (χ2n) is 7.20. The number of carbonyl (C=O) groups excluding carboxylic acids is 2. The lowest BCUT2D eigenvalue weighted by Crippen LogP contribution is -2.50. The molecule has 1 aromatic heterocycles. The molecule has 27 heavy (non-hydrogen) atoms. The van der Waals surface area contributed by atoms with Crippen LogP contribution in [0.25, 0.3) is 0 Å². The van der Waals surface area contributed by atoms with E-state index in [9.17, 15) is 18.0 Å². The summed E-state index contributed by atoms with van der Waals surface area (Å²) in [7, 11) is -2.26. The molecule has 1 aliphatic heterocycles. The molecule has 1 N–H and O–H groups in total. The Kier molecular flexibility index (Phi) is 4.17. The number of nitrogens with zero attached hydrogens (tertiary/aromatic N) is 3. The van der Waals surface area contributed by atoms with E-state index in [0.29, 0.717) is 5.71 Å². The maximum absolute atomic E-state index is 12.7. The lowest BCUT2D eigenvalue weighted by molar-refractivity contribution is -0.451. The first-order chi connectivity index (χ1) is 12.7. The zero-order valence-electron chi connectivity index (χ0n) is 14.9. The third-order valence-electron chi connectivity index (χ3n) is 4.94. The Bertz CT molecular complexity index is 1020. The monoisotopic (exact) mass is 407 g/mol. The third kappa shape index (κ3) is 3.28. The van der Waals surface area contributed by atoms with Gasteiger partial charge in [-0.2, -0.15) is 14.3 Å². The van der Waals surface area contributed by atoms with Crippen molar-refractivity contribution in [2.45, 2.75) is 37.1 Å². The summed E-state index contributed by atoms with van der Waals surface area (Å²) in [4.78, 5) is 31.1. The molecule has 3 aliphatic rings. The van der Waals surface area contributed by atoms with Crippen LogP contribution in [-0.2, 0) is 21.4 Å². The van der Waals surface area contributed by atoms with Gasteiger partial charge in [-0.15, -0.1) is 11.3 Å². The summed E-state index contributed by atoms with van der Waals surface area (Å²) in [6.45, 7) is 2.13. The van der Waals surface area contributed by atoms with Gasteiger partial charge in [0.15, 0.2) is 0 Å². The molecule has 1 atom stereocenters. The Hall–Kier alpha value is -2.17. The fourth-order valence-electron chi connectivity index (χ4n) is 3.07. The van der Waals surface area contributed by atoms with Crippen LogP contribution >= 0.6 is 11.3 Å². The van der Waals surface area contributed by atoms with Gasteiger partial charge in [0, 0.05) is 11.7 Å².